The molecule has 0 aliphatic rings. The molecule has 98 valence electrons. The molecule has 18 heavy (non-hydrogen) atoms. The molecule has 1 aromatic carbocycles. The molecule has 2 N–H and O–H groups in total. The van der Waals surface area contributed by atoms with Crippen molar-refractivity contribution in [3.63, 3.8) is 0 Å². The summed E-state index contributed by atoms with van der Waals surface area (Å²) in [6.45, 7) is 0. The number of amides is 1. The van der Waals surface area contributed by atoms with Crippen LogP contribution in [0.15, 0.2) is 18.2 Å². The van der Waals surface area contributed by atoms with Crippen molar-refractivity contribution in [2.45, 2.75) is 12.5 Å². The molecular formula is C11H11Cl2NO3S. The minimum atomic E-state index is -1.11. The summed E-state index contributed by atoms with van der Waals surface area (Å²) in [5.41, 5.74) is 0.187. The van der Waals surface area contributed by atoms with Crippen LogP contribution in [0.25, 0.3) is 0 Å². The van der Waals surface area contributed by atoms with Crippen LogP contribution in [-0.2, 0) is 4.79 Å². The average Bonchev–Trinajstić information content (AvgIpc) is 2.27. The van der Waals surface area contributed by atoms with Crippen LogP contribution >= 0.6 is 35.8 Å². The first-order valence-corrected chi connectivity index (χ1v) is 6.44. The van der Waals surface area contributed by atoms with Crippen LogP contribution in [0.1, 0.15) is 16.8 Å². The van der Waals surface area contributed by atoms with E-state index in [0.717, 1.165) is 0 Å². The first kappa shape index (κ1) is 15.1. The van der Waals surface area contributed by atoms with Crippen molar-refractivity contribution in [1.29, 1.82) is 0 Å². The SMILES string of the molecule is O=C(NC(CCS)C(=O)O)c1ccc(Cl)cc1Cl. The number of rotatable bonds is 5. The average molecular weight is 308 g/mol. The van der Waals surface area contributed by atoms with Crippen LogP contribution < -0.4 is 5.32 Å². The van der Waals surface area contributed by atoms with Gasteiger partial charge in [-0.15, -0.1) is 0 Å². The van der Waals surface area contributed by atoms with Gasteiger partial charge in [0.05, 0.1) is 10.6 Å². The number of aliphatic carboxylic acids is 1. The molecule has 0 heterocycles. The zero-order valence-electron chi connectivity index (χ0n) is 9.19. The number of nitrogens with one attached hydrogen (secondary N) is 1. The minimum absolute atomic E-state index is 0.176. The van der Waals surface area contributed by atoms with Crippen molar-refractivity contribution in [3.05, 3.63) is 33.8 Å². The second kappa shape index (κ2) is 6.87. The van der Waals surface area contributed by atoms with Crippen molar-refractivity contribution in [3.8, 4) is 0 Å². The second-order valence-electron chi connectivity index (χ2n) is 3.50. The fraction of sp³-hybridized carbons (Fsp3) is 0.273. The third-order valence-electron chi connectivity index (χ3n) is 2.20. The molecular weight excluding hydrogens is 297 g/mol. The van der Waals surface area contributed by atoms with E-state index < -0.39 is 17.9 Å². The Bertz CT molecular complexity index is 468. The summed E-state index contributed by atoms with van der Waals surface area (Å²) in [5.74, 6) is -1.31. The first-order chi connectivity index (χ1) is 8.45. The van der Waals surface area contributed by atoms with Crippen LogP contribution in [0.3, 0.4) is 0 Å². The minimum Gasteiger partial charge on any atom is -0.480 e. The van der Waals surface area contributed by atoms with Crippen molar-refractivity contribution in [2.75, 3.05) is 5.75 Å². The van der Waals surface area contributed by atoms with Crippen LogP contribution in [-0.4, -0.2) is 28.8 Å². The van der Waals surface area contributed by atoms with Gasteiger partial charge in [0.15, 0.2) is 0 Å². The summed E-state index contributed by atoms with van der Waals surface area (Å²) < 4.78 is 0. The van der Waals surface area contributed by atoms with Gasteiger partial charge in [0.25, 0.3) is 5.91 Å². The van der Waals surface area contributed by atoms with Gasteiger partial charge >= 0.3 is 5.97 Å². The molecule has 0 saturated carbocycles. The monoisotopic (exact) mass is 307 g/mol. The molecule has 0 aromatic heterocycles. The molecule has 0 aliphatic carbocycles. The normalized spacial score (nSPS) is 11.9. The zero-order valence-corrected chi connectivity index (χ0v) is 11.6. The number of carbonyl (C=O) groups is 2. The standard InChI is InChI=1S/C11H11Cl2NO3S/c12-6-1-2-7(8(13)5-6)10(15)14-9(3-4-18)11(16)17/h1-2,5,9,18H,3-4H2,(H,14,15)(H,16,17). The van der Waals surface area contributed by atoms with E-state index in [4.69, 9.17) is 28.3 Å². The highest BCUT2D eigenvalue weighted by Crippen LogP contribution is 2.21. The Morgan fingerprint density at radius 2 is 2.06 bits per heavy atom. The Morgan fingerprint density at radius 3 is 2.56 bits per heavy atom. The Kier molecular flexibility index (Phi) is 5.78. The van der Waals surface area contributed by atoms with E-state index in [1.54, 1.807) is 0 Å². The highest BCUT2D eigenvalue weighted by molar-refractivity contribution is 7.80. The summed E-state index contributed by atoms with van der Waals surface area (Å²) in [7, 11) is 0. The zero-order chi connectivity index (χ0) is 13.7. The summed E-state index contributed by atoms with van der Waals surface area (Å²) in [4.78, 5) is 22.7. The second-order valence-corrected chi connectivity index (χ2v) is 4.79. The van der Waals surface area contributed by atoms with E-state index in [2.05, 4.69) is 17.9 Å². The number of benzene rings is 1. The van der Waals surface area contributed by atoms with Gasteiger partial charge < -0.3 is 10.4 Å². The number of carboxylic acids is 1. The molecule has 0 radical (unpaired) electrons. The molecule has 1 aromatic rings. The van der Waals surface area contributed by atoms with Crippen molar-refractivity contribution in [1.82, 2.24) is 5.32 Å². The molecule has 4 nitrogen and oxygen atoms in total. The molecule has 0 aliphatic heterocycles. The van der Waals surface area contributed by atoms with Crippen LogP contribution in [0.5, 0.6) is 0 Å². The van der Waals surface area contributed by atoms with Gasteiger partial charge in [-0.05, 0) is 30.4 Å². The lowest BCUT2D eigenvalue weighted by molar-refractivity contribution is -0.139. The topological polar surface area (TPSA) is 66.4 Å². The Labute approximate surface area is 120 Å². The first-order valence-electron chi connectivity index (χ1n) is 5.05. The molecule has 1 rings (SSSR count). The van der Waals surface area contributed by atoms with Crippen LogP contribution in [0.4, 0.5) is 0 Å². The predicted octanol–water partition coefficient (Wildman–Crippen LogP) is 2.50. The molecule has 1 atom stereocenters. The van der Waals surface area contributed by atoms with E-state index in [9.17, 15) is 9.59 Å². The fourth-order valence-electron chi connectivity index (χ4n) is 1.30. The van der Waals surface area contributed by atoms with Crippen molar-refractivity contribution < 1.29 is 14.7 Å². The summed E-state index contributed by atoms with van der Waals surface area (Å²) in [6, 6.07) is 3.39. The van der Waals surface area contributed by atoms with Crippen LogP contribution in [0.2, 0.25) is 10.0 Å². The van der Waals surface area contributed by atoms with Gasteiger partial charge in [-0.3, -0.25) is 4.79 Å². The molecule has 0 saturated heterocycles. The number of hydrogen-bond donors (Lipinski definition) is 3. The van der Waals surface area contributed by atoms with E-state index in [-0.39, 0.29) is 17.0 Å². The molecule has 0 spiro atoms. The quantitative estimate of drug-likeness (QED) is 0.732. The smallest absolute Gasteiger partial charge is 0.326 e. The number of carbonyl (C=O) groups excluding carboxylic acids is 1. The fourth-order valence-corrected chi connectivity index (χ4v) is 2.05. The molecule has 1 unspecified atom stereocenters. The summed E-state index contributed by atoms with van der Waals surface area (Å²) >= 11 is 15.5. The summed E-state index contributed by atoms with van der Waals surface area (Å²) in [6.07, 6.45) is 0.232. The van der Waals surface area contributed by atoms with Gasteiger partial charge in [-0.2, -0.15) is 12.6 Å². The molecule has 7 heteroatoms. The van der Waals surface area contributed by atoms with Crippen molar-refractivity contribution in [2.24, 2.45) is 0 Å². The molecule has 1 amide bonds. The number of thiol groups is 1. The van der Waals surface area contributed by atoms with E-state index in [1.807, 2.05) is 0 Å². The largest absolute Gasteiger partial charge is 0.480 e. The van der Waals surface area contributed by atoms with E-state index >= 15 is 0 Å². The number of hydrogen-bond acceptors (Lipinski definition) is 3. The van der Waals surface area contributed by atoms with E-state index in [1.165, 1.54) is 18.2 Å². The molecule has 0 fully saturated rings. The maximum atomic E-state index is 11.8. The number of carboxylic acid groups (broad SMARTS) is 1. The maximum absolute atomic E-state index is 11.8. The lowest BCUT2D eigenvalue weighted by atomic mass is 10.1. The Hall–Kier alpha value is -0.910. The van der Waals surface area contributed by atoms with Gasteiger partial charge in [-0.1, -0.05) is 23.2 Å². The predicted molar refractivity (Wildman–Crippen MR) is 73.8 cm³/mol. The van der Waals surface area contributed by atoms with Crippen molar-refractivity contribution >= 4 is 47.7 Å². The lowest BCUT2D eigenvalue weighted by Crippen LogP contribution is -2.41. The van der Waals surface area contributed by atoms with Gasteiger partial charge in [-0.25, -0.2) is 4.79 Å². The highest BCUT2D eigenvalue weighted by atomic mass is 35.5. The van der Waals surface area contributed by atoms with Gasteiger partial charge in [0.2, 0.25) is 0 Å². The van der Waals surface area contributed by atoms with E-state index in [0.29, 0.717) is 10.8 Å². The third-order valence-corrected chi connectivity index (χ3v) is 3.00. The third kappa shape index (κ3) is 4.08. The van der Waals surface area contributed by atoms with Gasteiger partial charge in [0, 0.05) is 5.02 Å². The summed E-state index contributed by atoms with van der Waals surface area (Å²) in [5, 5.41) is 11.9. The Balaban J connectivity index is 2.83. The highest BCUT2D eigenvalue weighted by Gasteiger charge is 2.21. The maximum Gasteiger partial charge on any atom is 0.326 e. The van der Waals surface area contributed by atoms with Crippen LogP contribution in [0, 0.1) is 0 Å². The molecule has 0 bridgehead atoms. The Morgan fingerprint density at radius 1 is 1.39 bits per heavy atom. The lowest BCUT2D eigenvalue weighted by Gasteiger charge is -2.13. The van der Waals surface area contributed by atoms with Gasteiger partial charge in [0.1, 0.15) is 6.04 Å². The number of halogens is 2.